The lowest BCUT2D eigenvalue weighted by molar-refractivity contribution is 0.0945. The standard InChI is InChI=1S/C45H77NO2/c1-6-8-10-12-14-16-18-20-22-24-26-28-30-32-34-36-43(47)41-38-39-42(46(4)5)40(3)45(41)44(48)37-35-33-31-29-27-25-23-21-19-17-15-13-11-9-7-2/h20-23,38-39H,6-19,24-37H2,1-5H3/b22-20-,23-21-. The van der Waals surface area contributed by atoms with E-state index in [1.54, 1.807) is 0 Å². The summed E-state index contributed by atoms with van der Waals surface area (Å²) in [5, 5.41) is 0. The van der Waals surface area contributed by atoms with Gasteiger partial charge in [-0.05, 0) is 88.8 Å². The van der Waals surface area contributed by atoms with Crippen LogP contribution in [0.3, 0.4) is 0 Å². The predicted octanol–water partition coefficient (Wildman–Crippen LogP) is 14.5. The molecule has 1 aromatic carbocycles. The predicted molar refractivity (Wildman–Crippen MR) is 213 cm³/mol. The van der Waals surface area contributed by atoms with Crippen molar-refractivity contribution in [3.05, 3.63) is 53.1 Å². The minimum absolute atomic E-state index is 0.133. The molecule has 0 aliphatic carbocycles. The van der Waals surface area contributed by atoms with E-state index in [-0.39, 0.29) is 11.6 Å². The summed E-state index contributed by atoms with van der Waals surface area (Å²) in [4.78, 5) is 28.9. The molecule has 0 spiro atoms. The maximum Gasteiger partial charge on any atom is 0.163 e. The van der Waals surface area contributed by atoms with Crippen molar-refractivity contribution in [1.29, 1.82) is 0 Å². The molecule has 48 heavy (non-hydrogen) atoms. The summed E-state index contributed by atoms with van der Waals surface area (Å²) in [6, 6.07) is 3.93. The maximum atomic E-state index is 13.5. The molecule has 3 nitrogen and oxygen atoms in total. The van der Waals surface area contributed by atoms with Gasteiger partial charge in [0, 0.05) is 43.8 Å². The van der Waals surface area contributed by atoms with E-state index in [1.165, 1.54) is 141 Å². The van der Waals surface area contributed by atoms with E-state index in [1.807, 2.05) is 38.1 Å². The van der Waals surface area contributed by atoms with Crippen LogP contribution in [-0.2, 0) is 0 Å². The van der Waals surface area contributed by atoms with Crippen LogP contribution in [0.1, 0.15) is 220 Å². The van der Waals surface area contributed by atoms with Gasteiger partial charge in [0.05, 0.1) is 0 Å². The lowest BCUT2D eigenvalue weighted by Gasteiger charge is -2.20. The molecule has 0 unspecified atom stereocenters. The summed E-state index contributed by atoms with van der Waals surface area (Å²) in [7, 11) is 4.01. The average molecular weight is 664 g/mol. The van der Waals surface area contributed by atoms with Crippen molar-refractivity contribution < 1.29 is 9.59 Å². The lowest BCUT2D eigenvalue weighted by Crippen LogP contribution is -2.16. The Kier molecular flexibility index (Phi) is 28.2. The Hall–Kier alpha value is -2.16. The van der Waals surface area contributed by atoms with Gasteiger partial charge in [0.25, 0.3) is 0 Å². The zero-order valence-electron chi connectivity index (χ0n) is 32.5. The zero-order chi connectivity index (χ0) is 35.1. The largest absolute Gasteiger partial charge is 0.377 e. The van der Waals surface area contributed by atoms with E-state index in [9.17, 15) is 9.59 Å². The summed E-state index contributed by atoms with van der Waals surface area (Å²) in [5.41, 5.74) is 3.30. The number of Topliss-reactive ketones (excluding diaryl/α,β-unsaturated/α-hetero) is 2. The van der Waals surface area contributed by atoms with Crippen molar-refractivity contribution in [3.63, 3.8) is 0 Å². The molecular weight excluding hydrogens is 587 g/mol. The Morgan fingerprint density at radius 1 is 0.500 bits per heavy atom. The SMILES string of the molecule is CCCCCCCC/C=C\CCCCCCCC(=O)c1ccc(N(C)C)c(C)c1C(=O)CCCCCCC/C=C\CCCCCCCC. The van der Waals surface area contributed by atoms with Crippen molar-refractivity contribution in [1.82, 2.24) is 0 Å². The highest BCUT2D eigenvalue weighted by molar-refractivity contribution is 6.10. The fourth-order valence-corrected chi connectivity index (χ4v) is 6.75. The number of hydrogen-bond acceptors (Lipinski definition) is 3. The van der Waals surface area contributed by atoms with E-state index in [0.29, 0.717) is 24.0 Å². The second-order valence-electron chi connectivity index (χ2n) is 14.5. The number of carbonyl (C=O) groups excluding carboxylic acids is 2. The van der Waals surface area contributed by atoms with Crippen LogP contribution in [-0.4, -0.2) is 25.7 Å². The summed E-state index contributed by atoms with van der Waals surface area (Å²) >= 11 is 0. The molecule has 0 amide bonds. The fourth-order valence-electron chi connectivity index (χ4n) is 6.75. The average Bonchev–Trinajstić information content (AvgIpc) is 3.07. The summed E-state index contributed by atoms with van der Waals surface area (Å²) < 4.78 is 0. The molecule has 0 saturated carbocycles. The van der Waals surface area contributed by atoms with Crippen molar-refractivity contribution in [2.24, 2.45) is 0 Å². The molecule has 0 N–H and O–H groups in total. The third-order valence-electron chi connectivity index (χ3n) is 9.83. The van der Waals surface area contributed by atoms with Gasteiger partial charge < -0.3 is 4.90 Å². The molecule has 0 bridgehead atoms. The third kappa shape index (κ3) is 21.7. The van der Waals surface area contributed by atoms with Gasteiger partial charge in [-0.2, -0.15) is 0 Å². The molecule has 274 valence electrons. The van der Waals surface area contributed by atoms with E-state index in [2.05, 4.69) is 38.2 Å². The van der Waals surface area contributed by atoms with Crippen LogP contribution in [0.4, 0.5) is 5.69 Å². The number of nitrogens with zero attached hydrogens (tertiary/aromatic N) is 1. The first-order chi connectivity index (χ1) is 23.4. The highest BCUT2D eigenvalue weighted by atomic mass is 16.1. The second-order valence-corrected chi connectivity index (χ2v) is 14.5. The van der Waals surface area contributed by atoms with E-state index < -0.39 is 0 Å². The normalized spacial score (nSPS) is 11.7. The molecule has 1 rings (SSSR count). The van der Waals surface area contributed by atoms with Crippen molar-refractivity contribution in [2.45, 2.75) is 201 Å². The fraction of sp³-hybridized carbons (Fsp3) is 0.733. The molecule has 1 aromatic rings. The van der Waals surface area contributed by atoms with Gasteiger partial charge in [0.2, 0.25) is 0 Å². The van der Waals surface area contributed by atoms with Crippen LogP contribution in [0, 0.1) is 6.92 Å². The van der Waals surface area contributed by atoms with Crippen LogP contribution in [0.2, 0.25) is 0 Å². The number of ketones is 2. The third-order valence-corrected chi connectivity index (χ3v) is 9.83. The molecule has 0 aliphatic rings. The first kappa shape index (κ1) is 43.9. The molecule has 0 aliphatic heterocycles. The topological polar surface area (TPSA) is 37.4 Å². The number of hydrogen-bond donors (Lipinski definition) is 0. The molecule has 0 radical (unpaired) electrons. The minimum Gasteiger partial charge on any atom is -0.377 e. The van der Waals surface area contributed by atoms with E-state index in [0.717, 1.165) is 36.9 Å². The van der Waals surface area contributed by atoms with Crippen molar-refractivity contribution in [3.8, 4) is 0 Å². The highest BCUT2D eigenvalue weighted by Gasteiger charge is 2.21. The zero-order valence-corrected chi connectivity index (χ0v) is 32.5. The van der Waals surface area contributed by atoms with Crippen LogP contribution in [0.15, 0.2) is 36.4 Å². The maximum absolute atomic E-state index is 13.5. The van der Waals surface area contributed by atoms with E-state index in [4.69, 9.17) is 0 Å². The quantitative estimate of drug-likeness (QED) is 0.0427. The molecular formula is C45H77NO2. The second kappa shape index (κ2) is 30.9. The molecule has 0 heterocycles. The highest BCUT2D eigenvalue weighted by Crippen LogP contribution is 2.28. The molecule has 0 saturated heterocycles. The number of anilines is 1. The Balaban J connectivity index is 2.34. The van der Waals surface area contributed by atoms with Crippen LogP contribution in [0.25, 0.3) is 0 Å². The first-order valence-electron chi connectivity index (χ1n) is 20.6. The molecule has 0 fully saturated rings. The van der Waals surface area contributed by atoms with Crippen LogP contribution in [0.5, 0.6) is 0 Å². The number of benzene rings is 1. The number of unbranched alkanes of at least 4 members (excludes halogenated alkanes) is 22. The molecule has 0 atom stereocenters. The number of rotatable bonds is 33. The Bertz CT molecular complexity index is 1000. The Labute approximate surface area is 298 Å². The first-order valence-corrected chi connectivity index (χ1v) is 20.6. The van der Waals surface area contributed by atoms with Gasteiger partial charge in [-0.25, -0.2) is 0 Å². The summed E-state index contributed by atoms with van der Waals surface area (Å²) in [6.07, 6.45) is 43.0. The Morgan fingerprint density at radius 2 is 0.854 bits per heavy atom. The summed E-state index contributed by atoms with van der Waals surface area (Å²) in [6.45, 7) is 6.56. The van der Waals surface area contributed by atoms with Gasteiger partial charge in [-0.3, -0.25) is 9.59 Å². The van der Waals surface area contributed by atoms with Gasteiger partial charge in [-0.15, -0.1) is 0 Å². The van der Waals surface area contributed by atoms with Gasteiger partial charge in [0.1, 0.15) is 0 Å². The van der Waals surface area contributed by atoms with Crippen LogP contribution < -0.4 is 4.90 Å². The van der Waals surface area contributed by atoms with Gasteiger partial charge in [-0.1, -0.05) is 141 Å². The summed E-state index contributed by atoms with van der Waals surface area (Å²) in [5.74, 6) is 0.274. The molecule has 3 heteroatoms. The monoisotopic (exact) mass is 664 g/mol. The van der Waals surface area contributed by atoms with Crippen LogP contribution >= 0.6 is 0 Å². The molecule has 0 aromatic heterocycles. The van der Waals surface area contributed by atoms with Gasteiger partial charge >= 0.3 is 0 Å². The van der Waals surface area contributed by atoms with Gasteiger partial charge in [0.15, 0.2) is 11.6 Å². The Morgan fingerprint density at radius 3 is 1.25 bits per heavy atom. The van der Waals surface area contributed by atoms with Crippen molar-refractivity contribution in [2.75, 3.05) is 19.0 Å². The number of allylic oxidation sites excluding steroid dienone is 4. The lowest BCUT2D eigenvalue weighted by atomic mass is 9.90. The number of carbonyl (C=O) groups is 2. The van der Waals surface area contributed by atoms with Crippen molar-refractivity contribution >= 4 is 17.3 Å². The smallest absolute Gasteiger partial charge is 0.163 e. The minimum atomic E-state index is 0.133. The van der Waals surface area contributed by atoms with E-state index >= 15 is 0 Å².